The van der Waals surface area contributed by atoms with Gasteiger partial charge in [-0.15, -0.1) is 0 Å². The Hall–Kier alpha value is -2.89. The average Bonchev–Trinajstić information content (AvgIpc) is 2.96. The number of amides is 1. The summed E-state index contributed by atoms with van der Waals surface area (Å²) < 4.78 is 32.7. The maximum Gasteiger partial charge on any atom is 0.243 e. The Morgan fingerprint density at radius 3 is 2.21 bits per heavy atom. The molecule has 11 heteroatoms. The largest absolute Gasteiger partial charge is 0.497 e. The van der Waals surface area contributed by atoms with Gasteiger partial charge in [0.2, 0.25) is 15.9 Å². The van der Waals surface area contributed by atoms with Crippen molar-refractivity contribution >= 4 is 44.5 Å². The molecular formula is C27H33N5O4S2. The minimum absolute atomic E-state index is 0.0235. The maximum absolute atomic E-state index is 13.1. The first-order chi connectivity index (χ1) is 18.3. The number of ether oxygens (including phenoxy) is 1. The zero-order valence-corrected chi connectivity index (χ0v) is 23.4. The number of sulfonamides is 1. The number of carbonyl (C=O) groups is 1. The molecule has 0 saturated carbocycles. The molecule has 0 spiro atoms. The van der Waals surface area contributed by atoms with Crippen LogP contribution in [0.4, 0.5) is 5.82 Å². The third-order valence-corrected chi connectivity index (χ3v) is 10.1. The monoisotopic (exact) mass is 555 g/mol. The molecule has 5 rings (SSSR count). The number of anilines is 1. The second-order valence-corrected chi connectivity index (χ2v) is 12.7. The highest BCUT2D eigenvalue weighted by molar-refractivity contribution is 8.00. The number of piperazine rings is 1. The fourth-order valence-corrected chi connectivity index (χ4v) is 7.13. The van der Waals surface area contributed by atoms with E-state index in [2.05, 4.69) is 11.8 Å². The minimum atomic E-state index is -3.62. The third kappa shape index (κ3) is 5.74. The SMILES string of the molecule is COc1ccc(S(=O)(=O)N2CCN(C(=O)CSc3nc4ccccc4nc3N3CCC(C)CC3)CC2)cc1. The molecule has 1 amide bonds. The second kappa shape index (κ2) is 11.5. The first kappa shape index (κ1) is 26.7. The minimum Gasteiger partial charge on any atom is -0.497 e. The molecule has 3 aromatic rings. The van der Waals surface area contributed by atoms with Gasteiger partial charge in [-0.25, -0.2) is 18.4 Å². The Bertz CT molecular complexity index is 1380. The highest BCUT2D eigenvalue weighted by atomic mass is 32.2. The molecule has 9 nitrogen and oxygen atoms in total. The van der Waals surface area contributed by atoms with E-state index in [0.717, 1.165) is 47.8 Å². The zero-order chi connectivity index (χ0) is 26.7. The van der Waals surface area contributed by atoms with E-state index in [4.69, 9.17) is 14.7 Å². The summed E-state index contributed by atoms with van der Waals surface area (Å²) in [4.78, 5) is 27.2. The summed E-state index contributed by atoms with van der Waals surface area (Å²) in [6, 6.07) is 14.2. The van der Waals surface area contributed by atoms with Gasteiger partial charge in [0, 0.05) is 39.3 Å². The summed E-state index contributed by atoms with van der Waals surface area (Å²) in [5, 5.41) is 0.771. The number of carbonyl (C=O) groups excluding carboxylic acids is 1. The first-order valence-corrected chi connectivity index (χ1v) is 15.3. The number of fused-ring (bicyclic) bond motifs is 1. The number of aromatic nitrogens is 2. The van der Waals surface area contributed by atoms with Crippen LogP contribution >= 0.6 is 11.8 Å². The molecular weight excluding hydrogens is 522 g/mol. The number of rotatable bonds is 7. The van der Waals surface area contributed by atoms with E-state index >= 15 is 0 Å². The van der Waals surface area contributed by atoms with Crippen molar-refractivity contribution in [1.82, 2.24) is 19.2 Å². The normalized spacial score (nSPS) is 17.6. The van der Waals surface area contributed by atoms with Crippen LogP contribution < -0.4 is 9.64 Å². The molecule has 2 aromatic carbocycles. The molecule has 202 valence electrons. The van der Waals surface area contributed by atoms with Crippen molar-refractivity contribution < 1.29 is 17.9 Å². The fraction of sp³-hybridized carbons (Fsp3) is 0.444. The lowest BCUT2D eigenvalue weighted by Gasteiger charge is -2.34. The molecule has 0 atom stereocenters. The standard InChI is InChI=1S/C27H33N5O4S2/c1-20-11-13-31(14-12-20)26-27(29-24-6-4-3-5-23(24)28-26)37-19-25(33)30-15-17-32(18-16-30)38(34,35)22-9-7-21(36-2)8-10-22/h3-10,20H,11-19H2,1-2H3. The molecule has 1 aromatic heterocycles. The van der Waals surface area contributed by atoms with E-state index in [1.807, 2.05) is 24.3 Å². The van der Waals surface area contributed by atoms with Crippen LogP contribution in [0.25, 0.3) is 11.0 Å². The van der Waals surface area contributed by atoms with Crippen molar-refractivity contribution in [3.05, 3.63) is 48.5 Å². The van der Waals surface area contributed by atoms with Crippen LogP contribution in [-0.4, -0.2) is 85.6 Å². The van der Waals surface area contributed by atoms with Crippen LogP contribution in [0.15, 0.2) is 58.5 Å². The van der Waals surface area contributed by atoms with E-state index in [9.17, 15) is 13.2 Å². The fourth-order valence-electron chi connectivity index (χ4n) is 4.79. The Kier molecular flexibility index (Phi) is 8.06. The van der Waals surface area contributed by atoms with E-state index in [1.165, 1.54) is 16.1 Å². The van der Waals surface area contributed by atoms with Gasteiger partial charge in [0.1, 0.15) is 10.8 Å². The van der Waals surface area contributed by atoms with Crippen molar-refractivity contribution in [2.75, 3.05) is 57.0 Å². The number of para-hydroxylation sites is 2. The molecule has 2 aliphatic heterocycles. The molecule has 3 heterocycles. The van der Waals surface area contributed by atoms with Crippen LogP contribution in [0.3, 0.4) is 0 Å². The quantitative estimate of drug-likeness (QED) is 0.409. The first-order valence-electron chi connectivity index (χ1n) is 12.9. The molecule has 2 saturated heterocycles. The molecule has 2 fully saturated rings. The van der Waals surface area contributed by atoms with Gasteiger partial charge >= 0.3 is 0 Å². The number of benzene rings is 2. The van der Waals surface area contributed by atoms with Gasteiger partial charge < -0.3 is 14.5 Å². The van der Waals surface area contributed by atoms with Gasteiger partial charge in [-0.05, 0) is 55.2 Å². The van der Waals surface area contributed by atoms with Crippen LogP contribution in [0.2, 0.25) is 0 Å². The van der Waals surface area contributed by atoms with E-state index in [-0.39, 0.29) is 29.6 Å². The van der Waals surface area contributed by atoms with E-state index < -0.39 is 10.0 Å². The van der Waals surface area contributed by atoms with Crippen LogP contribution in [0.1, 0.15) is 19.8 Å². The van der Waals surface area contributed by atoms with E-state index in [1.54, 1.807) is 36.3 Å². The summed E-state index contributed by atoms with van der Waals surface area (Å²) in [7, 11) is -2.08. The van der Waals surface area contributed by atoms with Gasteiger partial charge in [-0.1, -0.05) is 30.8 Å². The lowest BCUT2D eigenvalue weighted by Crippen LogP contribution is -2.50. The van der Waals surface area contributed by atoms with Crippen LogP contribution in [-0.2, 0) is 14.8 Å². The lowest BCUT2D eigenvalue weighted by atomic mass is 9.99. The smallest absolute Gasteiger partial charge is 0.243 e. The Morgan fingerprint density at radius 1 is 0.947 bits per heavy atom. The van der Waals surface area contributed by atoms with Crippen LogP contribution in [0, 0.1) is 5.92 Å². The summed E-state index contributed by atoms with van der Waals surface area (Å²) >= 11 is 1.41. The summed E-state index contributed by atoms with van der Waals surface area (Å²) in [5.74, 6) is 2.36. The zero-order valence-electron chi connectivity index (χ0n) is 21.7. The number of nitrogens with zero attached hydrogens (tertiary/aromatic N) is 5. The number of hydrogen-bond acceptors (Lipinski definition) is 8. The number of thioether (sulfide) groups is 1. The Labute approximate surface area is 228 Å². The number of methoxy groups -OCH3 is 1. The van der Waals surface area contributed by atoms with Gasteiger partial charge in [0.05, 0.1) is 28.8 Å². The van der Waals surface area contributed by atoms with Crippen molar-refractivity contribution in [2.45, 2.75) is 29.7 Å². The third-order valence-electron chi connectivity index (χ3n) is 7.23. The van der Waals surface area contributed by atoms with Crippen molar-refractivity contribution in [3.8, 4) is 5.75 Å². The Morgan fingerprint density at radius 2 is 1.58 bits per heavy atom. The molecule has 0 radical (unpaired) electrons. The van der Waals surface area contributed by atoms with Crippen molar-refractivity contribution in [1.29, 1.82) is 0 Å². The molecule has 2 aliphatic rings. The highest BCUT2D eigenvalue weighted by Gasteiger charge is 2.30. The van der Waals surface area contributed by atoms with Gasteiger partial charge in [-0.2, -0.15) is 4.31 Å². The molecule has 0 N–H and O–H groups in total. The summed E-state index contributed by atoms with van der Waals surface area (Å²) in [6.45, 7) is 5.37. The van der Waals surface area contributed by atoms with Crippen molar-refractivity contribution in [3.63, 3.8) is 0 Å². The predicted molar refractivity (Wildman–Crippen MR) is 149 cm³/mol. The predicted octanol–water partition coefficient (Wildman–Crippen LogP) is 3.50. The van der Waals surface area contributed by atoms with Gasteiger partial charge in [-0.3, -0.25) is 4.79 Å². The molecule has 0 bridgehead atoms. The average molecular weight is 556 g/mol. The Balaban J connectivity index is 1.23. The molecule has 38 heavy (non-hydrogen) atoms. The topological polar surface area (TPSA) is 95.9 Å². The maximum atomic E-state index is 13.1. The number of hydrogen-bond donors (Lipinski definition) is 0. The number of piperidine rings is 1. The second-order valence-electron chi connectivity index (χ2n) is 9.76. The molecule has 0 unspecified atom stereocenters. The molecule has 0 aliphatic carbocycles. The van der Waals surface area contributed by atoms with Crippen molar-refractivity contribution in [2.24, 2.45) is 5.92 Å². The highest BCUT2D eigenvalue weighted by Crippen LogP contribution is 2.32. The van der Waals surface area contributed by atoms with Crippen LogP contribution in [0.5, 0.6) is 5.75 Å². The lowest BCUT2D eigenvalue weighted by molar-refractivity contribution is -0.129. The summed E-state index contributed by atoms with van der Waals surface area (Å²) in [5.41, 5.74) is 1.67. The van der Waals surface area contributed by atoms with Gasteiger partial charge in [0.25, 0.3) is 0 Å². The van der Waals surface area contributed by atoms with E-state index in [0.29, 0.717) is 24.8 Å². The summed E-state index contributed by atoms with van der Waals surface area (Å²) in [6.07, 6.45) is 2.22. The van der Waals surface area contributed by atoms with Gasteiger partial charge in [0.15, 0.2) is 5.82 Å².